The highest BCUT2D eigenvalue weighted by molar-refractivity contribution is 6.74. The van der Waals surface area contributed by atoms with Gasteiger partial charge >= 0.3 is 0 Å². The van der Waals surface area contributed by atoms with Gasteiger partial charge in [-0.25, -0.2) is 0 Å². The predicted octanol–water partition coefficient (Wildman–Crippen LogP) is 3.38. The van der Waals surface area contributed by atoms with Crippen LogP contribution in [0.3, 0.4) is 0 Å². The smallest absolute Gasteiger partial charge is 0.192 e. The van der Waals surface area contributed by atoms with Gasteiger partial charge in [0.1, 0.15) is 6.29 Å². The summed E-state index contributed by atoms with van der Waals surface area (Å²) in [6.45, 7) is 12.1. The van der Waals surface area contributed by atoms with Crippen LogP contribution in [0.25, 0.3) is 0 Å². The molecule has 15 heavy (non-hydrogen) atoms. The van der Waals surface area contributed by atoms with E-state index in [1.807, 2.05) is 0 Å². The number of carbonyl (C=O) groups excluding carboxylic acids is 1. The molecule has 0 amide bonds. The fourth-order valence-corrected chi connectivity index (χ4v) is 2.41. The van der Waals surface area contributed by atoms with Crippen LogP contribution < -0.4 is 0 Å². The average molecular weight is 228 g/mol. The quantitative estimate of drug-likeness (QED) is 0.532. The molecule has 0 N–H and O–H groups in total. The Morgan fingerprint density at radius 1 is 1.33 bits per heavy atom. The van der Waals surface area contributed by atoms with Crippen LogP contribution in [0, 0.1) is 5.41 Å². The Labute approximate surface area is 94.5 Å². The van der Waals surface area contributed by atoms with Crippen molar-refractivity contribution in [3.05, 3.63) is 0 Å². The minimum Gasteiger partial charge on any atom is -0.416 e. The summed E-state index contributed by atoms with van der Waals surface area (Å²) in [4.78, 5) is 10.5. The molecular formula is C12H24O2Si. The lowest BCUT2D eigenvalue weighted by Gasteiger charge is -2.37. The predicted molar refractivity (Wildman–Crippen MR) is 65.5 cm³/mol. The Hall–Kier alpha value is -0.153. The second-order valence-corrected chi connectivity index (χ2v) is 11.2. The molecule has 0 aromatic rings. The van der Waals surface area contributed by atoms with Crippen molar-refractivity contribution in [1.29, 1.82) is 0 Å². The van der Waals surface area contributed by atoms with E-state index in [2.05, 4.69) is 33.9 Å². The van der Waals surface area contributed by atoms with Gasteiger partial charge in [0.15, 0.2) is 8.32 Å². The summed E-state index contributed by atoms with van der Waals surface area (Å²) >= 11 is 0. The van der Waals surface area contributed by atoms with E-state index in [1.54, 1.807) is 0 Å². The highest BCUT2D eigenvalue weighted by Gasteiger charge is 2.45. The maximum atomic E-state index is 10.5. The molecule has 1 rings (SSSR count). The van der Waals surface area contributed by atoms with Gasteiger partial charge in [-0.1, -0.05) is 20.8 Å². The average Bonchev–Trinajstić information content (AvgIpc) is 2.81. The summed E-state index contributed by atoms with van der Waals surface area (Å²) < 4.78 is 6.15. The molecule has 0 atom stereocenters. The second-order valence-electron chi connectivity index (χ2n) is 6.42. The topological polar surface area (TPSA) is 26.3 Å². The standard InChI is InChI=1S/C12H24O2Si/c1-11(2,3)15(4,5)14-10-12(6-7-12)8-9-13/h9H,6-8,10H2,1-5H3. The van der Waals surface area contributed by atoms with Crippen molar-refractivity contribution in [3.8, 4) is 0 Å². The van der Waals surface area contributed by atoms with E-state index in [1.165, 1.54) is 12.8 Å². The summed E-state index contributed by atoms with van der Waals surface area (Å²) in [5, 5.41) is 0.268. The minimum absolute atomic E-state index is 0.220. The van der Waals surface area contributed by atoms with E-state index in [4.69, 9.17) is 4.43 Å². The van der Waals surface area contributed by atoms with E-state index in [9.17, 15) is 4.79 Å². The van der Waals surface area contributed by atoms with Gasteiger partial charge in [0, 0.05) is 13.0 Å². The Morgan fingerprint density at radius 3 is 2.20 bits per heavy atom. The molecule has 0 bridgehead atoms. The first-order valence-electron chi connectivity index (χ1n) is 5.80. The summed E-state index contributed by atoms with van der Waals surface area (Å²) in [7, 11) is -1.62. The molecule has 0 aliphatic heterocycles. The molecule has 1 aliphatic carbocycles. The first kappa shape index (κ1) is 12.9. The van der Waals surface area contributed by atoms with Gasteiger partial charge in [-0.2, -0.15) is 0 Å². The van der Waals surface area contributed by atoms with E-state index >= 15 is 0 Å². The fraction of sp³-hybridized carbons (Fsp3) is 0.917. The van der Waals surface area contributed by atoms with Crippen molar-refractivity contribution in [3.63, 3.8) is 0 Å². The molecule has 3 heteroatoms. The lowest BCUT2D eigenvalue weighted by molar-refractivity contribution is -0.109. The fourth-order valence-electron chi connectivity index (χ4n) is 1.31. The van der Waals surface area contributed by atoms with E-state index in [0.717, 1.165) is 12.9 Å². The van der Waals surface area contributed by atoms with Crippen molar-refractivity contribution in [2.75, 3.05) is 6.61 Å². The number of hydrogen-bond acceptors (Lipinski definition) is 2. The molecule has 1 saturated carbocycles. The summed E-state index contributed by atoms with van der Waals surface area (Å²) in [6, 6.07) is 0. The van der Waals surface area contributed by atoms with Crippen LogP contribution >= 0.6 is 0 Å². The molecule has 1 fully saturated rings. The van der Waals surface area contributed by atoms with Crippen molar-refractivity contribution >= 4 is 14.6 Å². The van der Waals surface area contributed by atoms with Gasteiger partial charge < -0.3 is 9.22 Å². The van der Waals surface area contributed by atoms with Crippen LogP contribution in [0.15, 0.2) is 0 Å². The molecule has 0 unspecified atom stereocenters. The van der Waals surface area contributed by atoms with Crippen molar-refractivity contribution < 1.29 is 9.22 Å². The molecule has 0 heterocycles. The first-order chi connectivity index (χ1) is 6.72. The van der Waals surface area contributed by atoms with Crippen LogP contribution in [-0.4, -0.2) is 21.2 Å². The van der Waals surface area contributed by atoms with E-state index < -0.39 is 8.32 Å². The van der Waals surface area contributed by atoms with Crippen LogP contribution in [0.2, 0.25) is 18.1 Å². The number of hydrogen-bond donors (Lipinski definition) is 0. The van der Waals surface area contributed by atoms with Crippen molar-refractivity contribution in [1.82, 2.24) is 0 Å². The Kier molecular flexibility index (Phi) is 3.46. The molecule has 0 aromatic heterocycles. The molecule has 1 aliphatic rings. The number of aldehydes is 1. The molecule has 88 valence electrons. The second kappa shape index (κ2) is 4.02. The summed E-state index contributed by atoms with van der Waals surface area (Å²) in [5.74, 6) is 0. The Morgan fingerprint density at radius 2 is 1.87 bits per heavy atom. The van der Waals surface area contributed by atoms with Crippen LogP contribution in [-0.2, 0) is 9.22 Å². The van der Waals surface area contributed by atoms with E-state index in [0.29, 0.717) is 6.42 Å². The molecule has 0 spiro atoms. The highest BCUT2D eigenvalue weighted by atomic mass is 28.4. The van der Waals surface area contributed by atoms with Gasteiger partial charge in [0.05, 0.1) is 0 Å². The molecule has 2 nitrogen and oxygen atoms in total. The van der Waals surface area contributed by atoms with Crippen molar-refractivity contribution in [2.24, 2.45) is 5.41 Å². The molecular weight excluding hydrogens is 204 g/mol. The molecule has 0 aromatic carbocycles. The Bertz CT molecular complexity index is 236. The van der Waals surface area contributed by atoms with Crippen LogP contribution in [0.5, 0.6) is 0 Å². The van der Waals surface area contributed by atoms with E-state index in [-0.39, 0.29) is 10.5 Å². The maximum Gasteiger partial charge on any atom is 0.192 e. The number of rotatable bonds is 5. The third kappa shape index (κ3) is 3.15. The number of carbonyl (C=O) groups is 1. The Balaban J connectivity index is 2.46. The first-order valence-corrected chi connectivity index (χ1v) is 8.71. The zero-order valence-corrected chi connectivity index (χ0v) is 11.7. The molecule has 0 saturated heterocycles. The zero-order valence-electron chi connectivity index (χ0n) is 10.7. The monoisotopic (exact) mass is 228 g/mol. The van der Waals surface area contributed by atoms with Gasteiger partial charge in [-0.3, -0.25) is 0 Å². The largest absolute Gasteiger partial charge is 0.416 e. The SMILES string of the molecule is CC(C)(C)[Si](C)(C)OCC1(CC=O)CC1. The van der Waals surface area contributed by atoms with Crippen LogP contribution in [0.4, 0.5) is 0 Å². The van der Waals surface area contributed by atoms with Gasteiger partial charge in [0.25, 0.3) is 0 Å². The third-order valence-corrected chi connectivity index (χ3v) is 8.50. The summed E-state index contributed by atoms with van der Waals surface area (Å²) in [6.07, 6.45) is 4.06. The van der Waals surface area contributed by atoms with Gasteiger partial charge in [-0.15, -0.1) is 0 Å². The third-order valence-electron chi connectivity index (χ3n) is 4.02. The maximum absolute atomic E-state index is 10.5. The lowest BCUT2D eigenvalue weighted by Crippen LogP contribution is -2.42. The minimum atomic E-state index is -1.62. The molecule has 0 radical (unpaired) electrons. The lowest BCUT2D eigenvalue weighted by atomic mass is 10.1. The van der Waals surface area contributed by atoms with Gasteiger partial charge in [0.2, 0.25) is 0 Å². The van der Waals surface area contributed by atoms with Gasteiger partial charge in [-0.05, 0) is 36.4 Å². The van der Waals surface area contributed by atoms with Crippen molar-refractivity contribution in [2.45, 2.75) is 58.2 Å². The van der Waals surface area contributed by atoms with Crippen LogP contribution in [0.1, 0.15) is 40.0 Å². The summed E-state index contributed by atoms with van der Waals surface area (Å²) in [5.41, 5.74) is 0.220. The highest BCUT2D eigenvalue weighted by Crippen LogP contribution is 2.49. The normalized spacial score (nSPS) is 20.1. The zero-order chi connectivity index (χ0) is 11.7.